The molecule has 0 aliphatic rings. The minimum atomic E-state index is 0.278. The van der Waals surface area contributed by atoms with Crippen LogP contribution in [0, 0.1) is 5.92 Å². The van der Waals surface area contributed by atoms with E-state index in [0.717, 1.165) is 17.9 Å². The molecule has 0 heterocycles. The van der Waals surface area contributed by atoms with E-state index in [-0.39, 0.29) is 6.61 Å². The second-order valence-electron chi connectivity index (χ2n) is 5.09. The first-order valence-corrected chi connectivity index (χ1v) is 7.49. The number of aliphatic hydroxyl groups is 1. The number of unbranched alkanes of at least 4 members (excludes halogenated alkanes) is 4. The molecule has 1 unspecified atom stereocenters. The zero-order chi connectivity index (χ0) is 13.2. The van der Waals surface area contributed by atoms with Crippen LogP contribution in [0.2, 0.25) is 5.02 Å². The van der Waals surface area contributed by atoms with Gasteiger partial charge in [-0.25, -0.2) is 0 Å². The van der Waals surface area contributed by atoms with Gasteiger partial charge in [0, 0.05) is 11.6 Å². The van der Waals surface area contributed by atoms with E-state index in [1.54, 1.807) is 0 Å². The Morgan fingerprint density at radius 2 is 1.94 bits per heavy atom. The molecule has 0 aromatic heterocycles. The second-order valence-corrected chi connectivity index (χ2v) is 5.52. The Bertz CT molecular complexity index is 325. The minimum Gasteiger partial charge on any atom is -0.396 e. The maximum Gasteiger partial charge on any atom is 0.0462 e. The highest BCUT2D eigenvalue weighted by Gasteiger charge is 2.08. The Balaban J connectivity index is 2.28. The smallest absolute Gasteiger partial charge is 0.0462 e. The molecule has 1 nitrogen and oxygen atoms in total. The third-order valence-electron chi connectivity index (χ3n) is 3.39. The first-order valence-electron chi connectivity index (χ1n) is 7.11. The van der Waals surface area contributed by atoms with Crippen molar-refractivity contribution in [3.8, 4) is 0 Å². The highest BCUT2D eigenvalue weighted by atomic mass is 35.5. The molecule has 0 aliphatic heterocycles. The summed E-state index contributed by atoms with van der Waals surface area (Å²) >= 11 is 5.97. The normalized spacial score (nSPS) is 12.6. The van der Waals surface area contributed by atoms with E-state index < -0.39 is 0 Å². The van der Waals surface area contributed by atoms with Gasteiger partial charge in [-0.15, -0.1) is 0 Å². The first-order chi connectivity index (χ1) is 8.76. The second kappa shape index (κ2) is 9.41. The molecule has 0 bridgehead atoms. The summed E-state index contributed by atoms with van der Waals surface area (Å²) in [5.41, 5.74) is 1.23. The van der Waals surface area contributed by atoms with Crippen molar-refractivity contribution in [3.63, 3.8) is 0 Å². The third kappa shape index (κ3) is 6.42. The Morgan fingerprint density at radius 3 is 2.61 bits per heavy atom. The van der Waals surface area contributed by atoms with Crippen molar-refractivity contribution < 1.29 is 5.11 Å². The van der Waals surface area contributed by atoms with Gasteiger partial charge in [0.15, 0.2) is 0 Å². The lowest BCUT2D eigenvalue weighted by atomic mass is 9.94. The molecule has 0 saturated heterocycles. The summed E-state index contributed by atoms with van der Waals surface area (Å²) in [5, 5.41) is 10.2. The van der Waals surface area contributed by atoms with E-state index in [9.17, 15) is 5.11 Å². The van der Waals surface area contributed by atoms with Crippen molar-refractivity contribution in [1.82, 2.24) is 0 Å². The average Bonchev–Trinajstić information content (AvgIpc) is 2.37. The van der Waals surface area contributed by atoms with E-state index in [2.05, 4.69) is 13.0 Å². The van der Waals surface area contributed by atoms with Gasteiger partial charge >= 0.3 is 0 Å². The van der Waals surface area contributed by atoms with Crippen molar-refractivity contribution in [2.75, 3.05) is 6.61 Å². The van der Waals surface area contributed by atoms with Gasteiger partial charge in [-0.3, -0.25) is 0 Å². The van der Waals surface area contributed by atoms with E-state index >= 15 is 0 Å². The van der Waals surface area contributed by atoms with Crippen molar-refractivity contribution >= 4 is 11.6 Å². The quantitative estimate of drug-likeness (QED) is 0.635. The zero-order valence-electron chi connectivity index (χ0n) is 11.4. The van der Waals surface area contributed by atoms with Crippen LogP contribution >= 0.6 is 11.6 Å². The van der Waals surface area contributed by atoms with Gasteiger partial charge in [-0.1, -0.05) is 62.8 Å². The predicted octanol–water partition coefficient (Wildman–Crippen LogP) is 4.85. The third-order valence-corrected chi connectivity index (χ3v) is 3.62. The summed E-state index contributed by atoms with van der Waals surface area (Å²) in [5.74, 6) is 0.380. The Labute approximate surface area is 116 Å². The lowest BCUT2D eigenvalue weighted by Crippen LogP contribution is -2.09. The summed E-state index contributed by atoms with van der Waals surface area (Å²) in [6.45, 7) is 2.51. The molecule has 1 rings (SSSR count). The number of hydrogen-bond donors (Lipinski definition) is 1. The minimum absolute atomic E-state index is 0.278. The van der Waals surface area contributed by atoms with Crippen molar-refractivity contribution in [2.24, 2.45) is 5.92 Å². The molecule has 102 valence electrons. The van der Waals surface area contributed by atoms with Crippen LogP contribution in [-0.4, -0.2) is 11.7 Å². The Kier molecular flexibility index (Phi) is 8.11. The highest BCUT2D eigenvalue weighted by Crippen LogP contribution is 2.18. The summed E-state index contributed by atoms with van der Waals surface area (Å²) in [6.07, 6.45) is 8.51. The number of aliphatic hydroxyl groups excluding tert-OH is 1. The maximum atomic E-state index is 9.43. The SMILES string of the molecule is CCCCCCCC(CO)Cc1cccc(Cl)c1. The van der Waals surface area contributed by atoms with Crippen molar-refractivity contribution in [2.45, 2.75) is 51.9 Å². The largest absolute Gasteiger partial charge is 0.396 e. The summed E-state index contributed by atoms with van der Waals surface area (Å²) in [7, 11) is 0. The lowest BCUT2D eigenvalue weighted by Gasteiger charge is -2.14. The van der Waals surface area contributed by atoms with Gasteiger partial charge in [-0.2, -0.15) is 0 Å². The molecule has 1 aromatic rings. The maximum absolute atomic E-state index is 9.43. The molecule has 1 aromatic carbocycles. The summed E-state index contributed by atoms with van der Waals surface area (Å²) in [4.78, 5) is 0. The number of benzene rings is 1. The van der Waals surface area contributed by atoms with Crippen LogP contribution in [0.5, 0.6) is 0 Å². The lowest BCUT2D eigenvalue weighted by molar-refractivity contribution is 0.214. The molecule has 0 radical (unpaired) electrons. The van der Waals surface area contributed by atoms with Crippen LogP contribution in [-0.2, 0) is 6.42 Å². The standard InChI is InChI=1S/C16H25ClO/c1-2-3-4-5-6-8-15(13-18)11-14-9-7-10-16(17)12-14/h7,9-10,12,15,18H,2-6,8,11,13H2,1H3. The van der Waals surface area contributed by atoms with Gasteiger partial charge in [0.25, 0.3) is 0 Å². The van der Waals surface area contributed by atoms with Crippen molar-refractivity contribution in [1.29, 1.82) is 0 Å². The van der Waals surface area contributed by atoms with Gasteiger partial charge < -0.3 is 5.11 Å². The van der Waals surface area contributed by atoms with Gasteiger partial charge in [0.2, 0.25) is 0 Å². The molecule has 1 atom stereocenters. The fourth-order valence-electron chi connectivity index (χ4n) is 2.29. The molecule has 1 N–H and O–H groups in total. The van der Waals surface area contributed by atoms with Crippen molar-refractivity contribution in [3.05, 3.63) is 34.9 Å². The molecule has 0 amide bonds. The first kappa shape index (κ1) is 15.5. The molecule has 0 fully saturated rings. The van der Waals surface area contributed by atoms with E-state index in [1.165, 1.54) is 37.7 Å². The molecular weight excluding hydrogens is 244 g/mol. The molecule has 2 heteroatoms. The van der Waals surface area contributed by atoms with Crippen LogP contribution in [0.25, 0.3) is 0 Å². The average molecular weight is 269 g/mol. The van der Waals surface area contributed by atoms with E-state index in [0.29, 0.717) is 5.92 Å². The molecule has 0 spiro atoms. The fraction of sp³-hybridized carbons (Fsp3) is 0.625. The Hall–Kier alpha value is -0.530. The van der Waals surface area contributed by atoms with Crippen LogP contribution in [0.15, 0.2) is 24.3 Å². The number of halogens is 1. The predicted molar refractivity (Wildman–Crippen MR) is 79.1 cm³/mol. The van der Waals surface area contributed by atoms with Crippen LogP contribution in [0.3, 0.4) is 0 Å². The Morgan fingerprint density at radius 1 is 1.17 bits per heavy atom. The molecule has 0 saturated carbocycles. The van der Waals surface area contributed by atoms with Crippen LogP contribution < -0.4 is 0 Å². The molecule has 18 heavy (non-hydrogen) atoms. The van der Waals surface area contributed by atoms with Gasteiger partial charge in [-0.05, 0) is 36.5 Å². The van der Waals surface area contributed by atoms with E-state index in [1.807, 2.05) is 18.2 Å². The molecule has 0 aliphatic carbocycles. The number of rotatable bonds is 9. The summed E-state index contributed by atoms with van der Waals surface area (Å²) < 4.78 is 0. The topological polar surface area (TPSA) is 20.2 Å². The highest BCUT2D eigenvalue weighted by molar-refractivity contribution is 6.30. The van der Waals surface area contributed by atoms with Gasteiger partial charge in [0.1, 0.15) is 0 Å². The fourth-order valence-corrected chi connectivity index (χ4v) is 2.50. The van der Waals surface area contributed by atoms with E-state index in [4.69, 9.17) is 11.6 Å². The van der Waals surface area contributed by atoms with Crippen LogP contribution in [0.1, 0.15) is 51.0 Å². The summed E-state index contributed by atoms with van der Waals surface area (Å²) in [6, 6.07) is 7.96. The zero-order valence-corrected chi connectivity index (χ0v) is 12.1. The molecular formula is C16H25ClO. The number of hydrogen-bond acceptors (Lipinski definition) is 1. The van der Waals surface area contributed by atoms with Crippen LogP contribution in [0.4, 0.5) is 0 Å². The van der Waals surface area contributed by atoms with Gasteiger partial charge in [0.05, 0.1) is 0 Å². The monoisotopic (exact) mass is 268 g/mol.